The second-order valence-electron chi connectivity index (χ2n) is 12.9. The number of likely N-dealkylation sites (tertiary alicyclic amines) is 1. The third-order valence-electron chi connectivity index (χ3n) is 10.1. The van der Waals surface area contributed by atoms with Crippen LogP contribution >= 0.6 is 0 Å². The number of rotatable bonds is 14. The van der Waals surface area contributed by atoms with E-state index in [1.807, 2.05) is 43.6 Å². The second-order valence-corrected chi connectivity index (χ2v) is 12.9. The quantitative estimate of drug-likeness (QED) is 0.218. The molecule has 1 aliphatic carbocycles. The minimum absolute atomic E-state index is 0.0807. The first-order valence-corrected chi connectivity index (χ1v) is 16.7. The van der Waals surface area contributed by atoms with E-state index in [1.54, 1.807) is 6.20 Å². The summed E-state index contributed by atoms with van der Waals surface area (Å²) in [5, 5.41) is 3.33. The number of carbonyl (C=O) groups excluding carboxylic acids is 2. The fraction of sp³-hybridized carbons (Fsp3) is 0.571. The van der Waals surface area contributed by atoms with Gasteiger partial charge in [0.25, 0.3) is 0 Å². The monoisotopic (exact) mass is 598 g/mol. The maximum absolute atomic E-state index is 13.5. The van der Waals surface area contributed by atoms with E-state index in [4.69, 9.17) is 4.42 Å². The van der Waals surface area contributed by atoms with Gasteiger partial charge in [-0.05, 0) is 69.1 Å². The Morgan fingerprint density at radius 3 is 2.32 bits per heavy atom. The van der Waals surface area contributed by atoms with Crippen molar-refractivity contribution < 1.29 is 14.0 Å². The van der Waals surface area contributed by atoms with Crippen molar-refractivity contribution >= 4 is 17.6 Å². The van der Waals surface area contributed by atoms with Crippen molar-refractivity contribution in [3.63, 3.8) is 0 Å². The third-order valence-corrected chi connectivity index (χ3v) is 10.1. The molecule has 0 bridgehead atoms. The molecule has 1 N–H and O–H groups in total. The fourth-order valence-electron chi connectivity index (χ4n) is 6.70. The van der Waals surface area contributed by atoms with Crippen molar-refractivity contribution in [3.8, 4) is 22.5 Å². The Bertz CT molecular complexity index is 1410. The molecule has 3 fully saturated rings. The van der Waals surface area contributed by atoms with Crippen LogP contribution in [0.3, 0.4) is 0 Å². The predicted octanol–water partition coefficient (Wildman–Crippen LogP) is 6.22. The maximum Gasteiger partial charge on any atom is 0.225 e. The summed E-state index contributed by atoms with van der Waals surface area (Å²) in [5.74, 6) is 2.54. The van der Waals surface area contributed by atoms with Crippen LogP contribution in [0.5, 0.6) is 0 Å². The lowest BCUT2D eigenvalue weighted by Crippen LogP contribution is -2.38. The van der Waals surface area contributed by atoms with Crippen LogP contribution < -0.4 is 10.2 Å². The van der Waals surface area contributed by atoms with Crippen molar-refractivity contribution in [2.45, 2.75) is 84.1 Å². The lowest BCUT2D eigenvalue weighted by atomic mass is 9.90. The number of hydrogen-bond acceptors (Lipinski definition) is 8. The van der Waals surface area contributed by atoms with Crippen LogP contribution in [-0.4, -0.2) is 64.3 Å². The average Bonchev–Trinajstić information content (AvgIpc) is 3.50. The number of nitrogens with zero attached hydrogens (tertiary/aromatic N) is 5. The first-order valence-electron chi connectivity index (χ1n) is 16.7. The first-order chi connectivity index (χ1) is 21.5. The lowest BCUT2D eigenvalue weighted by Gasteiger charge is -2.32. The molecule has 1 amide bonds. The number of benzene rings is 1. The standard InChI is InChI=1S/C35H46N6O3/c1-3-28(42)9-6-5-7-10-30(39-32(43)29-21-35(29)15-19-40(4-2)20-16-35)33-36-24-31(44-33)26-13-11-25(12-14-26)27-22-37-34(38-23-27)41-17-8-18-41/h11-14,22-24,29-30H,3-10,15-21H2,1-2H3,(H,39,43)/t29-,30+/m1/s1. The highest BCUT2D eigenvalue weighted by atomic mass is 16.4. The Labute approximate surface area is 260 Å². The zero-order valence-electron chi connectivity index (χ0n) is 26.3. The van der Waals surface area contributed by atoms with Crippen molar-refractivity contribution in [3.05, 3.63) is 48.7 Å². The summed E-state index contributed by atoms with van der Waals surface area (Å²) in [5.41, 5.74) is 3.11. The van der Waals surface area contributed by atoms with Crippen LogP contribution in [0.25, 0.3) is 22.5 Å². The van der Waals surface area contributed by atoms with E-state index in [9.17, 15) is 9.59 Å². The van der Waals surface area contributed by atoms with E-state index in [0.717, 1.165) is 100 Å². The Hall–Kier alpha value is -3.59. The molecule has 9 heteroatoms. The molecule has 2 aromatic heterocycles. The molecule has 0 radical (unpaired) electrons. The van der Waals surface area contributed by atoms with Gasteiger partial charge in [-0.3, -0.25) is 9.59 Å². The minimum Gasteiger partial charge on any atom is -0.438 e. The van der Waals surface area contributed by atoms with Crippen LogP contribution in [0.1, 0.15) is 90.0 Å². The number of unbranched alkanes of at least 4 members (excludes halogenated alkanes) is 2. The Kier molecular flexibility index (Phi) is 9.40. The molecule has 1 saturated carbocycles. The number of amides is 1. The summed E-state index contributed by atoms with van der Waals surface area (Å²) >= 11 is 0. The van der Waals surface area contributed by atoms with Crippen LogP contribution in [0.4, 0.5) is 5.95 Å². The van der Waals surface area contributed by atoms with Gasteiger partial charge < -0.3 is 19.5 Å². The number of anilines is 1. The number of nitrogens with one attached hydrogen (secondary N) is 1. The molecule has 2 atom stereocenters. The van der Waals surface area contributed by atoms with Gasteiger partial charge in [0.2, 0.25) is 17.7 Å². The number of piperidine rings is 1. The number of hydrogen-bond donors (Lipinski definition) is 1. The molecule has 3 aliphatic rings. The molecule has 2 aliphatic heterocycles. The average molecular weight is 599 g/mol. The summed E-state index contributed by atoms with van der Waals surface area (Å²) in [4.78, 5) is 43.6. The lowest BCUT2D eigenvalue weighted by molar-refractivity contribution is -0.124. The van der Waals surface area contributed by atoms with Gasteiger partial charge in [-0.1, -0.05) is 51.0 Å². The zero-order chi connectivity index (χ0) is 30.5. The molecule has 4 heterocycles. The first kappa shape index (κ1) is 30.4. The van der Waals surface area contributed by atoms with E-state index in [1.165, 1.54) is 6.42 Å². The Morgan fingerprint density at radius 1 is 0.932 bits per heavy atom. The van der Waals surface area contributed by atoms with E-state index in [0.29, 0.717) is 30.3 Å². The fourth-order valence-corrected chi connectivity index (χ4v) is 6.70. The molecular weight excluding hydrogens is 552 g/mol. The number of aromatic nitrogens is 3. The number of Topliss-reactive ketones (excluding diaryl/α,β-unsaturated/α-hetero) is 1. The smallest absolute Gasteiger partial charge is 0.225 e. The van der Waals surface area contributed by atoms with Crippen LogP contribution in [0.15, 0.2) is 47.3 Å². The summed E-state index contributed by atoms with van der Waals surface area (Å²) in [7, 11) is 0. The van der Waals surface area contributed by atoms with Crippen molar-refractivity contribution in [2.24, 2.45) is 11.3 Å². The molecule has 9 nitrogen and oxygen atoms in total. The highest BCUT2D eigenvalue weighted by Crippen LogP contribution is 2.59. The Morgan fingerprint density at radius 2 is 1.66 bits per heavy atom. The SMILES string of the molecule is CCC(=O)CCCCC[C@H](NC(=O)[C@H]1CC12CCN(CC)CC2)c1ncc(-c2ccc(-c3cnc(N4CCC4)nc3)cc2)o1. The molecule has 1 aromatic carbocycles. The van der Waals surface area contributed by atoms with Gasteiger partial charge >= 0.3 is 0 Å². The van der Waals surface area contributed by atoms with Crippen LogP contribution in [0.2, 0.25) is 0 Å². The van der Waals surface area contributed by atoms with Gasteiger partial charge in [-0.2, -0.15) is 0 Å². The van der Waals surface area contributed by atoms with Crippen molar-refractivity contribution in [1.82, 2.24) is 25.2 Å². The van der Waals surface area contributed by atoms with Crippen molar-refractivity contribution in [2.75, 3.05) is 37.6 Å². The summed E-state index contributed by atoms with van der Waals surface area (Å²) < 4.78 is 6.30. The molecule has 44 heavy (non-hydrogen) atoms. The highest BCUT2D eigenvalue weighted by Gasteiger charge is 2.58. The molecule has 234 valence electrons. The summed E-state index contributed by atoms with van der Waals surface area (Å²) in [6.45, 7) is 9.41. The van der Waals surface area contributed by atoms with E-state index >= 15 is 0 Å². The summed E-state index contributed by atoms with van der Waals surface area (Å²) in [6, 6.07) is 7.86. The number of oxazole rings is 1. The van der Waals surface area contributed by atoms with Gasteiger partial charge in [0, 0.05) is 55.4 Å². The molecule has 3 aromatic rings. The second kappa shape index (κ2) is 13.6. The van der Waals surface area contributed by atoms with E-state index in [-0.39, 0.29) is 23.3 Å². The van der Waals surface area contributed by atoms with Crippen LogP contribution in [-0.2, 0) is 9.59 Å². The maximum atomic E-state index is 13.5. The predicted molar refractivity (Wildman–Crippen MR) is 171 cm³/mol. The van der Waals surface area contributed by atoms with Gasteiger partial charge in [-0.15, -0.1) is 0 Å². The highest BCUT2D eigenvalue weighted by molar-refractivity contribution is 5.83. The molecule has 0 unspecified atom stereocenters. The van der Waals surface area contributed by atoms with Gasteiger partial charge in [0.15, 0.2) is 5.76 Å². The largest absolute Gasteiger partial charge is 0.438 e. The number of ketones is 1. The van der Waals surface area contributed by atoms with Gasteiger partial charge in [0.05, 0.1) is 6.20 Å². The molecule has 2 saturated heterocycles. The van der Waals surface area contributed by atoms with E-state index < -0.39 is 0 Å². The number of carbonyl (C=O) groups is 2. The van der Waals surface area contributed by atoms with Gasteiger partial charge in [-0.25, -0.2) is 15.0 Å². The summed E-state index contributed by atoms with van der Waals surface area (Å²) in [6.07, 6.45) is 14.6. The normalized spacial score (nSPS) is 19.9. The topological polar surface area (TPSA) is 104 Å². The minimum atomic E-state index is -0.284. The van der Waals surface area contributed by atoms with Crippen LogP contribution in [0, 0.1) is 11.3 Å². The molecule has 1 spiro atoms. The van der Waals surface area contributed by atoms with Crippen molar-refractivity contribution in [1.29, 1.82) is 0 Å². The third kappa shape index (κ3) is 6.88. The molecular formula is C35H46N6O3. The van der Waals surface area contributed by atoms with Gasteiger partial charge in [0.1, 0.15) is 11.8 Å². The molecule has 6 rings (SSSR count). The Balaban J connectivity index is 1.10. The zero-order valence-corrected chi connectivity index (χ0v) is 26.3. The van der Waals surface area contributed by atoms with E-state index in [2.05, 4.69) is 37.0 Å².